The lowest BCUT2D eigenvalue weighted by atomic mass is 10.1. The maximum atomic E-state index is 12.5. The number of carbonyl (C=O) groups is 2. The lowest BCUT2D eigenvalue weighted by Crippen LogP contribution is -2.36. The first-order valence-electron chi connectivity index (χ1n) is 7.51. The van der Waals surface area contributed by atoms with Crippen LogP contribution in [0.5, 0.6) is 0 Å². The molecule has 1 aromatic rings. The SMILES string of the molecule is COCN(COC)C(=O)c1cnc(C(=O)N(COC)COC)c(C)c1. The quantitative estimate of drug-likeness (QED) is 0.570. The molecule has 1 aromatic heterocycles. The van der Waals surface area contributed by atoms with Crippen LogP contribution in [0.25, 0.3) is 0 Å². The Morgan fingerprint density at radius 2 is 1.32 bits per heavy atom. The van der Waals surface area contributed by atoms with Crippen molar-refractivity contribution in [3.05, 3.63) is 29.1 Å². The summed E-state index contributed by atoms with van der Waals surface area (Å²) in [6.07, 6.45) is 1.36. The third-order valence-electron chi connectivity index (χ3n) is 3.24. The van der Waals surface area contributed by atoms with Gasteiger partial charge in [-0.2, -0.15) is 0 Å². The fraction of sp³-hybridized carbons (Fsp3) is 0.562. The largest absolute Gasteiger partial charge is 0.364 e. The summed E-state index contributed by atoms with van der Waals surface area (Å²) in [5.74, 6) is -0.644. The summed E-state index contributed by atoms with van der Waals surface area (Å²) in [6.45, 7) is 2.03. The molecule has 2 amide bonds. The van der Waals surface area contributed by atoms with Crippen molar-refractivity contribution < 1.29 is 28.5 Å². The first kappa shape index (κ1) is 21.0. The molecular weight excluding hydrogens is 330 g/mol. The van der Waals surface area contributed by atoms with Crippen LogP contribution < -0.4 is 0 Å². The predicted molar refractivity (Wildman–Crippen MR) is 88.8 cm³/mol. The van der Waals surface area contributed by atoms with E-state index in [0.29, 0.717) is 11.1 Å². The van der Waals surface area contributed by atoms with E-state index in [0.717, 1.165) is 0 Å². The summed E-state index contributed by atoms with van der Waals surface area (Å²) >= 11 is 0. The Morgan fingerprint density at radius 3 is 1.72 bits per heavy atom. The monoisotopic (exact) mass is 355 g/mol. The Labute approximate surface area is 147 Å². The van der Waals surface area contributed by atoms with Crippen LogP contribution in [0.4, 0.5) is 0 Å². The summed E-state index contributed by atoms with van der Waals surface area (Å²) < 4.78 is 20.0. The minimum absolute atomic E-state index is 0.0733. The normalized spacial score (nSPS) is 10.6. The van der Waals surface area contributed by atoms with Gasteiger partial charge in [-0.1, -0.05) is 0 Å². The van der Waals surface area contributed by atoms with Crippen molar-refractivity contribution in [2.45, 2.75) is 6.92 Å². The van der Waals surface area contributed by atoms with Crippen molar-refractivity contribution in [2.75, 3.05) is 55.4 Å². The van der Waals surface area contributed by atoms with Crippen molar-refractivity contribution in [3.8, 4) is 0 Å². The van der Waals surface area contributed by atoms with E-state index in [9.17, 15) is 9.59 Å². The zero-order chi connectivity index (χ0) is 18.8. The Morgan fingerprint density at radius 1 is 0.880 bits per heavy atom. The molecule has 0 aliphatic rings. The Kier molecular flexibility index (Phi) is 9.00. The highest BCUT2D eigenvalue weighted by Gasteiger charge is 2.22. The number of carbonyl (C=O) groups excluding carboxylic acids is 2. The summed E-state index contributed by atoms with van der Waals surface area (Å²) in [4.78, 5) is 31.9. The van der Waals surface area contributed by atoms with E-state index in [1.165, 1.54) is 44.4 Å². The molecular formula is C16H25N3O6. The van der Waals surface area contributed by atoms with Gasteiger partial charge in [0.05, 0.1) is 5.56 Å². The van der Waals surface area contributed by atoms with Crippen molar-refractivity contribution >= 4 is 11.8 Å². The molecule has 9 nitrogen and oxygen atoms in total. The smallest absolute Gasteiger partial charge is 0.276 e. The maximum Gasteiger partial charge on any atom is 0.276 e. The van der Waals surface area contributed by atoms with Crippen LogP contribution >= 0.6 is 0 Å². The molecule has 1 heterocycles. The van der Waals surface area contributed by atoms with Crippen molar-refractivity contribution in [3.63, 3.8) is 0 Å². The van der Waals surface area contributed by atoms with E-state index in [1.807, 2.05) is 0 Å². The highest BCUT2D eigenvalue weighted by molar-refractivity contribution is 5.97. The molecule has 0 saturated carbocycles. The fourth-order valence-corrected chi connectivity index (χ4v) is 2.18. The highest BCUT2D eigenvalue weighted by Crippen LogP contribution is 2.13. The van der Waals surface area contributed by atoms with E-state index in [1.54, 1.807) is 13.0 Å². The molecule has 0 bridgehead atoms. The van der Waals surface area contributed by atoms with Gasteiger partial charge in [0.15, 0.2) is 0 Å². The topological polar surface area (TPSA) is 90.4 Å². The molecule has 0 saturated heterocycles. The lowest BCUT2D eigenvalue weighted by Gasteiger charge is -2.22. The van der Waals surface area contributed by atoms with E-state index in [-0.39, 0.29) is 44.4 Å². The maximum absolute atomic E-state index is 12.5. The molecule has 0 N–H and O–H groups in total. The Bertz CT molecular complexity index is 569. The van der Waals surface area contributed by atoms with E-state index < -0.39 is 0 Å². The number of ether oxygens (including phenoxy) is 4. The number of nitrogens with zero attached hydrogens (tertiary/aromatic N) is 3. The van der Waals surface area contributed by atoms with Gasteiger partial charge in [-0.25, -0.2) is 4.98 Å². The first-order valence-corrected chi connectivity index (χ1v) is 7.51. The second-order valence-electron chi connectivity index (χ2n) is 5.25. The van der Waals surface area contributed by atoms with Gasteiger partial charge >= 0.3 is 0 Å². The van der Waals surface area contributed by atoms with Crippen LogP contribution in [0.15, 0.2) is 12.3 Å². The van der Waals surface area contributed by atoms with Crippen LogP contribution in [0.2, 0.25) is 0 Å². The number of hydrogen-bond donors (Lipinski definition) is 0. The third kappa shape index (κ3) is 5.75. The van der Waals surface area contributed by atoms with Gasteiger partial charge in [-0.05, 0) is 18.6 Å². The van der Waals surface area contributed by atoms with E-state index >= 15 is 0 Å². The van der Waals surface area contributed by atoms with Gasteiger partial charge in [-0.15, -0.1) is 0 Å². The van der Waals surface area contributed by atoms with Crippen LogP contribution in [0.3, 0.4) is 0 Å². The van der Waals surface area contributed by atoms with Gasteiger partial charge in [0.2, 0.25) is 0 Å². The Balaban J connectivity index is 3.02. The molecule has 0 aromatic carbocycles. The molecule has 0 atom stereocenters. The minimum Gasteiger partial charge on any atom is -0.364 e. The van der Waals surface area contributed by atoms with Crippen molar-refractivity contribution in [1.82, 2.24) is 14.8 Å². The summed E-state index contributed by atoms with van der Waals surface area (Å²) in [5.41, 5.74) is 1.15. The zero-order valence-electron chi connectivity index (χ0n) is 15.3. The van der Waals surface area contributed by atoms with Crippen molar-refractivity contribution in [2.24, 2.45) is 0 Å². The molecule has 9 heteroatoms. The molecule has 1 rings (SSSR count). The second-order valence-corrected chi connectivity index (χ2v) is 5.25. The highest BCUT2D eigenvalue weighted by atomic mass is 16.5. The number of methoxy groups -OCH3 is 4. The van der Waals surface area contributed by atoms with Gasteiger partial charge in [-0.3, -0.25) is 19.4 Å². The molecule has 0 unspecified atom stereocenters. The number of pyridine rings is 1. The molecule has 0 aliphatic carbocycles. The summed E-state index contributed by atoms with van der Waals surface area (Å²) in [5, 5.41) is 0. The first-order chi connectivity index (χ1) is 12.0. The van der Waals surface area contributed by atoms with Crippen LogP contribution in [0, 0.1) is 6.92 Å². The number of amides is 2. The van der Waals surface area contributed by atoms with Gasteiger partial charge in [0.1, 0.15) is 32.6 Å². The average Bonchev–Trinajstić information content (AvgIpc) is 2.60. The summed E-state index contributed by atoms with van der Waals surface area (Å²) in [7, 11) is 5.94. The zero-order valence-corrected chi connectivity index (χ0v) is 15.3. The van der Waals surface area contributed by atoms with E-state index in [2.05, 4.69) is 4.98 Å². The minimum atomic E-state index is -0.342. The molecule has 0 radical (unpaired) electrons. The van der Waals surface area contributed by atoms with Gasteiger partial charge in [0, 0.05) is 34.6 Å². The number of hydrogen-bond acceptors (Lipinski definition) is 7. The van der Waals surface area contributed by atoms with E-state index in [4.69, 9.17) is 18.9 Å². The molecule has 0 spiro atoms. The standard InChI is InChI=1S/C16H25N3O6/c1-12-6-13(15(20)18(8-22-2)9-23-3)7-17-14(12)16(21)19(10-24-4)11-25-5/h6-7H,8-11H2,1-5H3. The van der Waals surface area contributed by atoms with Gasteiger partial charge < -0.3 is 18.9 Å². The summed E-state index contributed by atoms with van der Waals surface area (Å²) in [6, 6.07) is 1.61. The fourth-order valence-electron chi connectivity index (χ4n) is 2.18. The molecule has 0 fully saturated rings. The predicted octanol–water partition coefficient (Wildman–Crippen LogP) is 0.690. The van der Waals surface area contributed by atoms with Crippen LogP contribution in [-0.4, -0.2) is 82.0 Å². The number of aryl methyl sites for hydroxylation is 1. The second kappa shape index (κ2) is 10.7. The van der Waals surface area contributed by atoms with Crippen LogP contribution in [0.1, 0.15) is 26.4 Å². The van der Waals surface area contributed by atoms with Crippen molar-refractivity contribution in [1.29, 1.82) is 0 Å². The third-order valence-corrected chi connectivity index (χ3v) is 3.24. The van der Waals surface area contributed by atoms with Gasteiger partial charge in [0.25, 0.3) is 11.8 Å². The molecule has 0 aliphatic heterocycles. The molecule has 140 valence electrons. The average molecular weight is 355 g/mol. The Hall–Kier alpha value is -2.07. The number of rotatable bonds is 10. The number of aromatic nitrogens is 1. The van der Waals surface area contributed by atoms with Crippen LogP contribution in [-0.2, 0) is 18.9 Å². The lowest BCUT2D eigenvalue weighted by molar-refractivity contribution is -0.00596. The molecule has 25 heavy (non-hydrogen) atoms.